The first-order chi connectivity index (χ1) is 15.1. The monoisotopic (exact) mass is 448 g/mol. The van der Waals surface area contributed by atoms with Crippen molar-refractivity contribution in [2.45, 2.75) is 97.2 Å². The van der Waals surface area contributed by atoms with Crippen molar-refractivity contribution in [1.29, 1.82) is 0 Å². The topological polar surface area (TPSA) is 72.8 Å². The number of nitrogens with one attached hydrogen (secondary N) is 1. The maximum absolute atomic E-state index is 12.3. The summed E-state index contributed by atoms with van der Waals surface area (Å²) in [5, 5.41) is 24.6. The van der Waals surface area contributed by atoms with Crippen LogP contribution >= 0.6 is 0 Å². The third-order valence-electron chi connectivity index (χ3n) is 10.8. The van der Waals surface area contributed by atoms with E-state index in [4.69, 9.17) is 0 Å². The van der Waals surface area contributed by atoms with E-state index in [1.165, 1.54) is 25.7 Å². The lowest BCUT2D eigenvalue weighted by molar-refractivity contribution is -0.174. The van der Waals surface area contributed by atoms with E-state index < -0.39 is 0 Å². The molecule has 0 radical (unpaired) electrons. The molecule has 5 heteroatoms. The number of amides is 1. The van der Waals surface area contributed by atoms with Crippen LogP contribution in [0.1, 0.15) is 85.0 Å². The van der Waals surface area contributed by atoms with Crippen molar-refractivity contribution in [3.8, 4) is 0 Å². The van der Waals surface area contributed by atoms with Crippen LogP contribution in [0, 0.1) is 46.3 Å². The highest BCUT2D eigenvalue weighted by Crippen LogP contribution is 2.68. The van der Waals surface area contributed by atoms with E-state index in [0.717, 1.165) is 32.1 Å². The van der Waals surface area contributed by atoms with Gasteiger partial charge in [0.05, 0.1) is 18.9 Å². The molecule has 4 rings (SSSR count). The second-order valence-corrected chi connectivity index (χ2v) is 12.8. The van der Waals surface area contributed by atoms with E-state index in [1.807, 2.05) is 19.0 Å². The predicted octanol–water partition coefficient (Wildman–Crippen LogP) is 4.03. The van der Waals surface area contributed by atoms with Crippen LogP contribution in [0.3, 0.4) is 0 Å². The van der Waals surface area contributed by atoms with Crippen molar-refractivity contribution >= 4 is 5.91 Å². The number of carbonyl (C=O) groups excluding carboxylic acids is 1. The summed E-state index contributed by atoms with van der Waals surface area (Å²) in [4.78, 5) is 14.2. The molecule has 32 heavy (non-hydrogen) atoms. The van der Waals surface area contributed by atoms with Crippen LogP contribution < -0.4 is 5.32 Å². The molecule has 0 aromatic rings. The molecule has 0 bridgehead atoms. The molecule has 0 aromatic carbocycles. The molecule has 184 valence electrons. The molecule has 0 spiro atoms. The lowest BCUT2D eigenvalue weighted by Gasteiger charge is -2.62. The van der Waals surface area contributed by atoms with E-state index in [-0.39, 0.29) is 18.1 Å². The number of fused-ring (bicyclic) bond motifs is 5. The fourth-order valence-corrected chi connectivity index (χ4v) is 9.07. The van der Waals surface area contributed by atoms with Gasteiger partial charge in [0, 0.05) is 6.42 Å². The summed E-state index contributed by atoms with van der Waals surface area (Å²) in [6.45, 7) is 7.96. The molecule has 4 aliphatic rings. The fraction of sp³-hybridized carbons (Fsp3) is 0.963. The lowest BCUT2D eigenvalue weighted by atomic mass is 9.43. The number of aliphatic hydroxyl groups excluding tert-OH is 2. The molecule has 3 N–H and O–H groups in total. The minimum Gasteiger partial charge on any atom is -0.393 e. The van der Waals surface area contributed by atoms with Crippen molar-refractivity contribution in [1.82, 2.24) is 10.2 Å². The summed E-state index contributed by atoms with van der Waals surface area (Å²) in [7, 11) is 3.94. The first-order valence-corrected chi connectivity index (χ1v) is 13.3. The Hall–Kier alpha value is -0.650. The Kier molecular flexibility index (Phi) is 7.03. The molecular weight excluding hydrogens is 400 g/mol. The zero-order valence-electron chi connectivity index (χ0n) is 21.1. The highest BCUT2D eigenvalue weighted by atomic mass is 16.3. The first-order valence-electron chi connectivity index (χ1n) is 13.3. The number of hydrogen-bond donors (Lipinski definition) is 3. The molecule has 0 aliphatic heterocycles. The van der Waals surface area contributed by atoms with E-state index in [1.54, 1.807) is 0 Å². The molecule has 10 atom stereocenters. The van der Waals surface area contributed by atoms with Gasteiger partial charge in [-0.15, -0.1) is 0 Å². The van der Waals surface area contributed by atoms with Gasteiger partial charge in [-0.3, -0.25) is 9.69 Å². The number of nitrogens with zero attached hydrogens (tertiary/aromatic N) is 1. The van der Waals surface area contributed by atoms with Gasteiger partial charge in [-0.25, -0.2) is 0 Å². The fourth-order valence-electron chi connectivity index (χ4n) is 9.07. The number of aliphatic hydroxyl groups is 2. The lowest BCUT2D eigenvalue weighted by Crippen LogP contribution is -2.58. The maximum atomic E-state index is 12.3. The van der Waals surface area contributed by atoms with Gasteiger partial charge in [-0.05, 0) is 118 Å². The molecule has 0 aromatic heterocycles. The summed E-state index contributed by atoms with van der Waals surface area (Å²) in [5.41, 5.74) is 0.581. The van der Waals surface area contributed by atoms with Gasteiger partial charge >= 0.3 is 0 Å². The molecule has 1 amide bonds. The molecule has 0 saturated heterocycles. The Labute approximate surface area is 195 Å². The summed E-state index contributed by atoms with van der Waals surface area (Å²) < 4.78 is 0. The van der Waals surface area contributed by atoms with Crippen molar-refractivity contribution < 1.29 is 15.0 Å². The smallest absolute Gasteiger partial charge is 0.221 e. The average Bonchev–Trinajstić information content (AvgIpc) is 3.09. The van der Waals surface area contributed by atoms with E-state index in [2.05, 4.69) is 26.1 Å². The molecule has 0 heterocycles. The summed E-state index contributed by atoms with van der Waals surface area (Å²) >= 11 is 0. The first kappa shape index (κ1) is 24.5. The van der Waals surface area contributed by atoms with Gasteiger partial charge in [0.2, 0.25) is 5.91 Å². The molecule has 4 fully saturated rings. The van der Waals surface area contributed by atoms with E-state index >= 15 is 0 Å². The number of hydrogen-bond acceptors (Lipinski definition) is 4. The number of rotatable bonds is 6. The Morgan fingerprint density at radius 3 is 2.44 bits per heavy atom. The zero-order chi connectivity index (χ0) is 23.3. The Balaban J connectivity index is 1.43. The van der Waals surface area contributed by atoms with Crippen LogP contribution in [0.15, 0.2) is 0 Å². The largest absolute Gasteiger partial charge is 0.393 e. The van der Waals surface area contributed by atoms with Gasteiger partial charge < -0.3 is 15.5 Å². The minimum atomic E-state index is -0.209. The summed E-state index contributed by atoms with van der Waals surface area (Å²) in [6.07, 6.45) is 9.99. The van der Waals surface area contributed by atoms with Crippen molar-refractivity contribution in [3.63, 3.8) is 0 Å². The SMILES string of the molecule is C[C@H](CCC(=O)NCN(C)C)[C@H]1CC[C@H]2[C@@H]3[C@@H](O)C[C@@H]4C[C@H](O)CC[C@]4(C)[C@H]3CC[C@]12C. The molecule has 4 aliphatic carbocycles. The van der Waals surface area contributed by atoms with Gasteiger partial charge in [-0.1, -0.05) is 20.8 Å². The highest BCUT2D eigenvalue weighted by Gasteiger charge is 2.62. The average molecular weight is 449 g/mol. The quantitative estimate of drug-likeness (QED) is 0.537. The second-order valence-electron chi connectivity index (χ2n) is 12.8. The van der Waals surface area contributed by atoms with E-state index in [0.29, 0.717) is 59.4 Å². The van der Waals surface area contributed by atoms with E-state index in [9.17, 15) is 15.0 Å². The predicted molar refractivity (Wildman–Crippen MR) is 128 cm³/mol. The minimum absolute atomic E-state index is 0.162. The zero-order valence-corrected chi connectivity index (χ0v) is 21.1. The molecular formula is C27H48N2O3. The van der Waals surface area contributed by atoms with Gasteiger partial charge in [0.15, 0.2) is 0 Å². The van der Waals surface area contributed by atoms with Gasteiger partial charge in [0.1, 0.15) is 0 Å². The molecule has 5 nitrogen and oxygen atoms in total. The Bertz CT molecular complexity index is 684. The van der Waals surface area contributed by atoms with Gasteiger partial charge in [0.25, 0.3) is 0 Å². The second kappa shape index (κ2) is 9.19. The van der Waals surface area contributed by atoms with Crippen LogP contribution in [-0.2, 0) is 4.79 Å². The van der Waals surface area contributed by atoms with Crippen LogP contribution in [0.4, 0.5) is 0 Å². The van der Waals surface area contributed by atoms with Crippen molar-refractivity contribution in [2.24, 2.45) is 46.3 Å². The molecule has 0 unspecified atom stereocenters. The van der Waals surface area contributed by atoms with Crippen LogP contribution in [0.25, 0.3) is 0 Å². The normalized spacial score (nSPS) is 46.8. The summed E-state index contributed by atoms with van der Waals surface area (Å²) in [6, 6.07) is 0. The molecule has 4 saturated carbocycles. The van der Waals surface area contributed by atoms with Crippen molar-refractivity contribution in [2.75, 3.05) is 20.8 Å². The van der Waals surface area contributed by atoms with Gasteiger partial charge in [-0.2, -0.15) is 0 Å². The van der Waals surface area contributed by atoms with Crippen LogP contribution in [0.5, 0.6) is 0 Å². The van der Waals surface area contributed by atoms with Crippen LogP contribution in [0.2, 0.25) is 0 Å². The number of carbonyl (C=O) groups is 1. The summed E-state index contributed by atoms with van der Waals surface area (Å²) in [5.74, 6) is 3.47. The Morgan fingerprint density at radius 1 is 1.03 bits per heavy atom. The standard InChI is InChI=1S/C27H48N2O3/c1-17(6-9-24(32)28-16-29(4)5)20-7-8-21-25-22(11-13-27(20,21)3)26(2)12-10-19(30)14-18(26)15-23(25)31/h17-23,25,30-31H,6-16H2,1-5H3,(H,28,32)/t17-,18+,19-,20-,21+,22+,23+,25+,26+,27-/m1/s1. The van der Waals surface area contributed by atoms with Crippen molar-refractivity contribution in [3.05, 3.63) is 0 Å². The third kappa shape index (κ3) is 4.27. The Morgan fingerprint density at radius 2 is 1.72 bits per heavy atom. The maximum Gasteiger partial charge on any atom is 0.221 e. The third-order valence-corrected chi connectivity index (χ3v) is 10.8. The van der Waals surface area contributed by atoms with Crippen LogP contribution in [-0.4, -0.2) is 54.0 Å². The highest BCUT2D eigenvalue weighted by molar-refractivity contribution is 5.75.